The maximum atomic E-state index is 11.1. The van der Waals surface area contributed by atoms with Crippen LogP contribution < -0.4 is 11.6 Å². The molecule has 0 aliphatic heterocycles. The molecule has 1 aromatic heterocycles. The van der Waals surface area contributed by atoms with Gasteiger partial charge in [0.05, 0.1) is 12.1 Å². The molecule has 2 aromatic rings. The summed E-state index contributed by atoms with van der Waals surface area (Å²) >= 11 is 1.50. The summed E-state index contributed by atoms with van der Waals surface area (Å²) in [4.78, 5) is 20.7. The molecule has 0 unspecified atom stereocenters. The van der Waals surface area contributed by atoms with E-state index in [1.165, 1.54) is 11.3 Å². The zero-order chi connectivity index (χ0) is 13.8. The quantitative estimate of drug-likeness (QED) is 0.654. The Morgan fingerprint density at radius 2 is 2.05 bits per heavy atom. The maximum Gasteiger partial charge on any atom is 0.331 e. The van der Waals surface area contributed by atoms with Crippen molar-refractivity contribution < 1.29 is 9.63 Å². The van der Waals surface area contributed by atoms with Crippen LogP contribution in [0.3, 0.4) is 0 Å². The number of nitrogens with two attached hydrogens (primary N) is 2. The third-order valence-electron chi connectivity index (χ3n) is 2.71. The van der Waals surface area contributed by atoms with Crippen LogP contribution in [0.5, 0.6) is 0 Å². The van der Waals surface area contributed by atoms with Gasteiger partial charge in [-0.2, -0.15) is 5.90 Å². The number of aryl methyl sites for hydroxylation is 1. The molecule has 100 valence electrons. The lowest BCUT2D eigenvalue weighted by molar-refractivity contribution is -0.143. The second kappa shape index (κ2) is 5.81. The van der Waals surface area contributed by atoms with E-state index in [1.807, 2.05) is 31.2 Å². The summed E-state index contributed by atoms with van der Waals surface area (Å²) in [7, 11) is 0. The highest BCUT2D eigenvalue weighted by atomic mass is 32.1. The van der Waals surface area contributed by atoms with E-state index in [-0.39, 0.29) is 6.42 Å². The van der Waals surface area contributed by atoms with E-state index in [0.29, 0.717) is 0 Å². The number of nitrogens with zero attached hydrogens (tertiary/aromatic N) is 1. The summed E-state index contributed by atoms with van der Waals surface area (Å²) in [5, 5.41) is 0.721. The Balaban J connectivity index is 2.12. The fraction of sp³-hybridized carbons (Fsp3) is 0.231. The molecular formula is C13H15N3O2S. The Kier molecular flexibility index (Phi) is 4.13. The van der Waals surface area contributed by atoms with Crippen molar-refractivity contribution in [2.45, 2.75) is 19.8 Å². The molecule has 5 nitrogen and oxygen atoms in total. The number of aromatic nitrogens is 1. The van der Waals surface area contributed by atoms with Crippen LogP contribution in [0.25, 0.3) is 0 Å². The second-order valence-electron chi connectivity index (χ2n) is 4.20. The molecule has 0 aliphatic carbocycles. The molecule has 1 aromatic carbocycles. The monoisotopic (exact) mass is 277 g/mol. The fourth-order valence-corrected chi connectivity index (χ4v) is 2.80. The third kappa shape index (κ3) is 3.52. The summed E-state index contributed by atoms with van der Waals surface area (Å²) in [6.07, 6.45) is 0.894. The third-order valence-corrected chi connectivity index (χ3v) is 3.87. The van der Waals surface area contributed by atoms with Gasteiger partial charge in [0.25, 0.3) is 0 Å². The molecule has 0 bridgehead atoms. The van der Waals surface area contributed by atoms with Gasteiger partial charge in [-0.05, 0) is 24.6 Å². The summed E-state index contributed by atoms with van der Waals surface area (Å²) in [6.45, 7) is 1.93. The van der Waals surface area contributed by atoms with Crippen molar-refractivity contribution in [1.82, 2.24) is 4.98 Å². The van der Waals surface area contributed by atoms with Gasteiger partial charge in [-0.1, -0.05) is 12.1 Å². The average molecular weight is 277 g/mol. The van der Waals surface area contributed by atoms with Crippen LogP contribution in [0.15, 0.2) is 24.3 Å². The van der Waals surface area contributed by atoms with Crippen molar-refractivity contribution in [3.63, 3.8) is 0 Å². The van der Waals surface area contributed by atoms with Crippen molar-refractivity contribution in [2.24, 2.45) is 5.90 Å². The molecule has 0 aliphatic rings. The van der Waals surface area contributed by atoms with Gasteiger partial charge in [-0.25, -0.2) is 9.78 Å². The van der Waals surface area contributed by atoms with Crippen LogP contribution in [0.4, 0.5) is 5.69 Å². The number of benzene rings is 1. The van der Waals surface area contributed by atoms with Crippen LogP contribution in [0.2, 0.25) is 0 Å². The second-order valence-corrected chi connectivity index (χ2v) is 5.37. The molecule has 0 amide bonds. The molecule has 0 fully saturated rings. The zero-order valence-electron chi connectivity index (χ0n) is 10.6. The normalized spacial score (nSPS) is 10.4. The van der Waals surface area contributed by atoms with E-state index in [2.05, 4.69) is 9.82 Å². The molecule has 0 saturated heterocycles. The van der Waals surface area contributed by atoms with Gasteiger partial charge in [-0.15, -0.1) is 11.3 Å². The lowest BCUT2D eigenvalue weighted by Gasteiger charge is -2.00. The summed E-state index contributed by atoms with van der Waals surface area (Å²) in [6, 6.07) is 7.72. The van der Waals surface area contributed by atoms with Crippen molar-refractivity contribution >= 4 is 23.0 Å². The number of thiazole rings is 1. The summed E-state index contributed by atoms with van der Waals surface area (Å²) in [5.41, 5.74) is 8.49. The fourth-order valence-electron chi connectivity index (χ4n) is 1.71. The van der Waals surface area contributed by atoms with Gasteiger partial charge in [0, 0.05) is 17.0 Å². The van der Waals surface area contributed by atoms with E-state index < -0.39 is 5.97 Å². The number of carbonyl (C=O) groups is 1. The number of hydrogen-bond donors (Lipinski definition) is 2. The van der Waals surface area contributed by atoms with Crippen molar-refractivity contribution in [3.8, 4) is 0 Å². The molecule has 1 heterocycles. The highest BCUT2D eigenvalue weighted by Crippen LogP contribution is 2.22. The standard InChI is InChI=1S/C13H15N3O2S/c1-8-11(6-9-2-4-10(14)5-3-9)19-12(16-8)7-13(17)18-15/h2-5H,6-7,14-15H2,1H3. The van der Waals surface area contributed by atoms with E-state index >= 15 is 0 Å². The highest BCUT2D eigenvalue weighted by molar-refractivity contribution is 7.11. The minimum Gasteiger partial charge on any atom is -0.399 e. The number of rotatable bonds is 4. The van der Waals surface area contributed by atoms with E-state index in [0.717, 1.165) is 33.3 Å². The Morgan fingerprint density at radius 3 is 2.68 bits per heavy atom. The smallest absolute Gasteiger partial charge is 0.331 e. The molecular weight excluding hydrogens is 262 g/mol. The first-order valence-electron chi connectivity index (χ1n) is 5.77. The Bertz CT molecular complexity index is 578. The Hall–Kier alpha value is -1.92. The van der Waals surface area contributed by atoms with Crippen LogP contribution in [0, 0.1) is 6.92 Å². The molecule has 0 saturated carbocycles. The maximum absolute atomic E-state index is 11.1. The topological polar surface area (TPSA) is 91.2 Å². The predicted octanol–water partition coefficient (Wildman–Crippen LogP) is 1.58. The lowest BCUT2D eigenvalue weighted by Crippen LogP contribution is -2.12. The Labute approximate surface area is 115 Å². The number of carbonyl (C=O) groups excluding carboxylic acids is 1. The van der Waals surface area contributed by atoms with Crippen molar-refractivity contribution in [3.05, 3.63) is 45.4 Å². The van der Waals surface area contributed by atoms with E-state index in [9.17, 15) is 4.79 Å². The van der Waals surface area contributed by atoms with Gasteiger partial charge in [-0.3, -0.25) is 0 Å². The number of nitrogen functional groups attached to an aromatic ring is 1. The zero-order valence-corrected chi connectivity index (χ0v) is 11.4. The SMILES string of the molecule is Cc1nc(CC(=O)ON)sc1Cc1ccc(N)cc1. The van der Waals surface area contributed by atoms with E-state index in [1.54, 1.807) is 0 Å². The van der Waals surface area contributed by atoms with Crippen LogP contribution >= 0.6 is 11.3 Å². The number of anilines is 1. The van der Waals surface area contributed by atoms with Gasteiger partial charge < -0.3 is 10.6 Å². The molecule has 0 spiro atoms. The highest BCUT2D eigenvalue weighted by Gasteiger charge is 2.12. The van der Waals surface area contributed by atoms with Crippen molar-refractivity contribution in [2.75, 3.05) is 5.73 Å². The largest absolute Gasteiger partial charge is 0.399 e. The first kappa shape index (κ1) is 13.5. The van der Waals surface area contributed by atoms with Gasteiger partial charge in [0.2, 0.25) is 0 Å². The molecule has 0 atom stereocenters. The molecule has 4 N–H and O–H groups in total. The van der Waals surface area contributed by atoms with Gasteiger partial charge >= 0.3 is 5.97 Å². The predicted molar refractivity (Wildman–Crippen MR) is 74.5 cm³/mol. The Morgan fingerprint density at radius 1 is 1.37 bits per heavy atom. The van der Waals surface area contributed by atoms with Crippen LogP contribution in [0.1, 0.15) is 21.1 Å². The molecule has 19 heavy (non-hydrogen) atoms. The first-order valence-corrected chi connectivity index (χ1v) is 6.59. The minimum absolute atomic E-state index is 0.115. The van der Waals surface area contributed by atoms with Crippen LogP contribution in [-0.4, -0.2) is 11.0 Å². The van der Waals surface area contributed by atoms with E-state index in [4.69, 9.17) is 11.6 Å². The summed E-state index contributed by atoms with van der Waals surface area (Å²) < 4.78 is 0. The summed E-state index contributed by atoms with van der Waals surface area (Å²) in [5.74, 6) is 4.34. The molecule has 6 heteroatoms. The van der Waals surface area contributed by atoms with Crippen LogP contribution in [-0.2, 0) is 22.5 Å². The first-order chi connectivity index (χ1) is 9.08. The molecule has 0 radical (unpaired) electrons. The molecule has 2 rings (SSSR count). The van der Waals surface area contributed by atoms with Gasteiger partial charge in [0.15, 0.2) is 0 Å². The number of hydrogen-bond acceptors (Lipinski definition) is 6. The lowest BCUT2D eigenvalue weighted by atomic mass is 10.1. The van der Waals surface area contributed by atoms with Gasteiger partial charge in [0.1, 0.15) is 5.01 Å². The average Bonchev–Trinajstić information content (AvgIpc) is 2.72. The van der Waals surface area contributed by atoms with Crippen molar-refractivity contribution in [1.29, 1.82) is 0 Å². The minimum atomic E-state index is -0.479.